The number of aryl methyl sites for hydroxylation is 1. The lowest BCUT2D eigenvalue weighted by Crippen LogP contribution is -2.44. The molecule has 11 nitrogen and oxygen atoms in total. The Balaban J connectivity index is 1.31. The number of nitrogens with two attached hydrogens (primary N) is 1. The Bertz CT molecular complexity index is 1400. The molecule has 1 fully saturated rings. The highest BCUT2D eigenvalue weighted by Gasteiger charge is 2.31. The number of aromatic nitrogens is 5. The molecule has 0 bridgehead atoms. The van der Waals surface area contributed by atoms with E-state index < -0.39 is 5.91 Å². The summed E-state index contributed by atoms with van der Waals surface area (Å²) in [6.45, 7) is 2.87. The number of ketones is 1. The average Bonchev–Trinajstić information content (AvgIpc) is 3.57. The number of piperidine rings is 1. The van der Waals surface area contributed by atoms with Gasteiger partial charge < -0.3 is 20.4 Å². The molecule has 0 radical (unpaired) electrons. The molecule has 11 heteroatoms. The molecule has 1 saturated heterocycles. The highest BCUT2D eigenvalue weighted by atomic mass is 16.3. The minimum atomic E-state index is -0.672. The fraction of sp³-hybridized carbons (Fsp3) is 0.308. The number of anilines is 3. The van der Waals surface area contributed by atoms with E-state index in [-0.39, 0.29) is 29.3 Å². The van der Waals surface area contributed by atoms with Crippen LogP contribution in [-0.2, 0) is 7.05 Å². The van der Waals surface area contributed by atoms with Crippen LogP contribution >= 0.6 is 0 Å². The van der Waals surface area contributed by atoms with Crippen LogP contribution in [0.25, 0.3) is 11.5 Å². The molecule has 0 saturated carbocycles. The third-order valence-electron chi connectivity index (χ3n) is 6.74. The van der Waals surface area contributed by atoms with Crippen LogP contribution in [0.4, 0.5) is 17.3 Å². The van der Waals surface area contributed by atoms with Gasteiger partial charge in [-0.2, -0.15) is 5.10 Å². The molecule has 4 aromatic rings. The molecular formula is C26H28N8O3. The first-order valence-electron chi connectivity index (χ1n) is 12.1. The Kier molecular flexibility index (Phi) is 6.67. The Morgan fingerprint density at radius 3 is 2.68 bits per heavy atom. The van der Waals surface area contributed by atoms with E-state index in [2.05, 4.69) is 32.2 Å². The topological polar surface area (TPSA) is 145 Å². The number of hydrogen-bond acceptors (Lipinski definition) is 9. The Morgan fingerprint density at radius 1 is 1.19 bits per heavy atom. The summed E-state index contributed by atoms with van der Waals surface area (Å²) >= 11 is 0. The molecule has 0 spiro atoms. The maximum Gasteiger partial charge on any atom is 0.271 e. The van der Waals surface area contributed by atoms with E-state index in [0.29, 0.717) is 29.4 Å². The largest absolute Gasteiger partial charge is 0.445 e. The van der Waals surface area contributed by atoms with Crippen molar-refractivity contribution in [1.29, 1.82) is 0 Å². The highest BCUT2D eigenvalue weighted by molar-refractivity contribution is 5.97. The van der Waals surface area contributed by atoms with Crippen molar-refractivity contribution in [3.8, 4) is 11.5 Å². The summed E-state index contributed by atoms with van der Waals surface area (Å²) < 4.78 is 6.96. The quantitative estimate of drug-likeness (QED) is 0.347. The van der Waals surface area contributed by atoms with Crippen LogP contribution in [0.3, 0.4) is 0 Å². The summed E-state index contributed by atoms with van der Waals surface area (Å²) in [5.74, 6) is 0.975. The maximum absolute atomic E-state index is 13.1. The molecule has 1 aliphatic rings. The van der Waals surface area contributed by atoms with Crippen molar-refractivity contribution in [2.75, 3.05) is 16.8 Å². The number of amides is 1. The lowest BCUT2D eigenvalue weighted by Gasteiger charge is -2.40. The second kappa shape index (κ2) is 10.2. The number of Topliss-reactive ketones (excluding diaryl/α,β-unsaturated/α-hetero) is 1. The standard InChI is InChI=1S/C26H28N8O3/c1-16-19(12-21(35)17-5-7-18(8-6-17)26-28-9-11-37-26)4-3-10-34(16)22-14-29-23(24(27)36)25(32-22)31-20-13-30-33(2)15-20/h5-9,11,13-16,19H,3-4,10,12H2,1-2H3,(H2,27,36)(H,31,32)/t16-,19+/m1/s1. The lowest BCUT2D eigenvalue weighted by molar-refractivity contribution is 0.0944. The fourth-order valence-electron chi connectivity index (χ4n) is 4.75. The van der Waals surface area contributed by atoms with Crippen molar-refractivity contribution in [3.05, 3.63) is 66.6 Å². The fourth-order valence-corrected chi connectivity index (χ4v) is 4.75. The van der Waals surface area contributed by atoms with Crippen molar-refractivity contribution < 1.29 is 14.0 Å². The molecule has 0 aliphatic carbocycles. The maximum atomic E-state index is 13.1. The molecule has 3 aromatic heterocycles. The van der Waals surface area contributed by atoms with Gasteiger partial charge in [-0.1, -0.05) is 12.1 Å². The van der Waals surface area contributed by atoms with Crippen LogP contribution in [0.2, 0.25) is 0 Å². The van der Waals surface area contributed by atoms with Gasteiger partial charge in [-0.3, -0.25) is 14.3 Å². The van der Waals surface area contributed by atoms with Gasteiger partial charge in [-0.25, -0.2) is 15.0 Å². The number of rotatable bonds is 8. The smallest absolute Gasteiger partial charge is 0.271 e. The van der Waals surface area contributed by atoms with Crippen molar-refractivity contribution in [2.45, 2.75) is 32.2 Å². The third kappa shape index (κ3) is 5.20. The van der Waals surface area contributed by atoms with E-state index in [9.17, 15) is 9.59 Å². The van der Waals surface area contributed by atoms with E-state index in [1.807, 2.05) is 24.3 Å². The first-order chi connectivity index (χ1) is 17.9. The van der Waals surface area contributed by atoms with Crippen LogP contribution in [0.15, 0.2) is 59.7 Å². The van der Waals surface area contributed by atoms with Crippen LogP contribution in [0, 0.1) is 5.92 Å². The van der Waals surface area contributed by atoms with Crippen molar-refractivity contribution in [1.82, 2.24) is 24.7 Å². The lowest BCUT2D eigenvalue weighted by atomic mass is 9.85. The molecule has 190 valence electrons. The van der Waals surface area contributed by atoms with E-state index in [1.165, 1.54) is 6.26 Å². The van der Waals surface area contributed by atoms with Gasteiger partial charge >= 0.3 is 0 Å². The van der Waals surface area contributed by atoms with Crippen LogP contribution in [0.5, 0.6) is 0 Å². The Labute approximate surface area is 213 Å². The molecule has 1 amide bonds. The molecule has 5 rings (SSSR count). The molecule has 2 atom stereocenters. The van der Waals surface area contributed by atoms with Crippen molar-refractivity contribution in [3.63, 3.8) is 0 Å². The van der Waals surface area contributed by atoms with Gasteiger partial charge in [0.05, 0.1) is 24.3 Å². The van der Waals surface area contributed by atoms with E-state index in [1.54, 1.807) is 36.5 Å². The number of oxazole rings is 1. The zero-order valence-corrected chi connectivity index (χ0v) is 20.7. The first kappa shape index (κ1) is 24.2. The zero-order valence-electron chi connectivity index (χ0n) is 20.7. The van der Waals surface area contributed by atoms with Gasteiger partial charge in [0.2, 0.25) is 5.89 Å². The molecule has 37 heavy (non-hydrogen) atoms. The molecular weight excluding hydrogens is 472 g/mol. The van der Waals surface area contributed by atoms with E-state index >= 15 is 0 Å². The zero-order chi connectivity index (χ0) is 25.9. The number of nitrogens with zero attached hydrogens (tertiary/aromatic N) is 6. The van der Waals surface area contributed by atoms with Gasteiger partial charge in [0.15, 0.2) is 17.3 Å². The number of primary amides is 1. The van der Waals surface area contributed by atoms with Gasteiger partial charge in [0, 0.05) is 43.4 Å². The molecule has 3 N–H and O–H groups in total. The van der Waals surface area contributed by atoms with Gasteiger partial charge in [0.1, 0.15) is 12.1 Å². The van der Waals surface area contributed by atoms with Gasteiger partial charge in [0.25, 0.3) is 5.91 Å². The molecule has 4 heterocycles. The molecule has 1 aliphatic heterocycles. The summed E-state index contributed by atoms with van der Waals surface area (Å²) in [5.41, 5.74) is 7.74. The average molecular weight is 501 g/mol. The monoisotopic (exact) mass is 500 g/mol. The second-order valence-electron chi connectivity index (χ2n) is 9.20. The van der Waals surface area contributed by atoms with E-state index in [0.717, 1.165) is 24.9 Å². The summed E-state index contributed by atoms with van der Waals surface area (Å²) in [7, 11) is 1.80. The molecule has 1 aromatic carbocycles. The van der Waals surface area contributed by atoms with Crippen molar-refractivity contribution >= 4 is 29.0 Å². The minimum absolute atomic E-state index is 0.0456. The summed E-state index contributed by atoms with van der Waals surface area (Å²) in [5, 5.41) is 7.23. The van der Waals surface area contributed by atoms with E-state index in [4.69, 9.17) is 15.1 Å². The number of benzene rings is 1. The molecule has 0 unspecified atom stereocenters. The first-order valence-corrected chi connectivity index (χ1v) is 12.1. The van der Waals surface area contributed by atoms with Gasteiger partial charge in [-0.15, -0.1) is 0 Å². The predicted octanol–water partition coefficient (Wildman–Crippen LogP) is 3.59. The van der Waals surface area contributed by atoms with Crippen LogP contribution < -0.4 is 16.0 Å². The number of carbonyl (C=O) groups excluding carboxylic acids is 2. The summed E-state index contributed by atoms with van der Waals surface area (Å²) in [6, 6.07) is 7.38. The second-order valence-corrected chi connectivity index (χ2v) is 9.20. The number of hydrogen-bond donors (Lipinski definition) is 2. The predicted molar refractivity (Wildman–Crippen MR) is 137 cm³/mol. The summed E-state index contributed by atoms with van der Waals surface area (Å²) in [6.07, 6.45) is 10.3. The Morgan fingerprint density at radius 2 is 2.00 bits per heavy atom. The third-order valence-corrected chi connectivity index (χ3v) is 6.74. The Hall–Kier alpha value is -4.54. The minimum Gasteiger partial charge on any atom is -0.445 e. The van der Waals surface area contributed by atoms with Crippen molar-refractivity contribution in [2.24, 2.45) is 18.7 Å². The highest BCUT2D eigenvalue weighted by Crippen LogP contribution is 2.32. The SMILES string of the molecule is C[C@@H]1[C@H](CC(=O)c2ccc(-c3ncco3)cc2)CCCN1c1cnc(C(N)=O)c(Nc2cnn(C)c2)n1. The summed E-state index contributed by atoms with van der Waals surface area (Å²) in [4.78, 5) is 40.4. The van der Waals surface area contributed by atoms with Crippen LogP contribution in [-0.4, -0.2) is 49.0 Å². The van der Waals surface area contributed by atoms with Gasteiger partial charge in [-0.05, 0) is 37.8 Å². The normalized spacial score (nSPS) is 17.5. The van der Waals surface area contributed by atoms with Crippen LogP contribution in [0.1, 0.15) is 47.0 Å². The number of carbonyl (C=O) groups is 2. The number of nitrogens with one attached hydrogen (secondary N) is 1.